The van der Waals surface area contributed by atoms with E-state index in [9.17, 15) is 10.1 Å². The van der Waals surface area contributed by atoms with Gasteiger partial charge in [0.15, 0.2) is 0 Å². The van der Waals surface area contributed by atoms with E-state index in [1.807, 2.05) is 12.1 Å². The number of para-hydroxylation sites is 1. The third-order valence-corrected chi connectivity index (χ3v) is 5.94. The van der Waals surface area contributed by atoms with Crippen molar-refractivity contribution in [2.75, 3.05) is 13.7 Å². The van der Waals surface area contributed by atoms with Crippen molar-refractivity contribution >= 4 is 16.6 Å². The molecule has 0 radical (unpaired) electrons. The number of hydrogen-bond acceptors (Lipinski definition) is 5. The number of nitrogens with one attached hydrogen (secondary N) is 2. The predicted octanol–water partition coefficient (Wildman–Crippen LogP) is 4.90. The molecule has 0 unspecified atom stereocenters. The quantitative estimate of drug-likeness (QED) is 0.336. The lowest BCUT2D eigenvalue weighted by atomic mass is 9.93. The zero-order valence-electron chi connectivity index (χ0n) is 17.6. The second-order valence-corrected chi connectivity index (χ2v) is 7.81. The van der Waals surface area contributed by atoms with Crippen LogP contribution in [0, 0.1) is 10.1 Å². The summed E-state index contributed by atoms with van der Waals surface area (Å²) in [4.78, 5) is 14.0. The molecule has 1 aromatic heterocycles. The Hall–Kier alpha value is -3.84. The molecule has 0 fully saturated rings. The van der Waals surface area contributed by atoms with E-state index in [0.717, 1.165) is 35.4 Å². The Morgan fingerprint density at radius 1 is 1.09 bits per heavy atom. The maximum absolute atomic E-state index is 10.8. The van der Waals surface area contributed by atoms with Crippen molar-refractivity contribution in [3.8, 4) is 11.5 Å². The number of nitrogens with zero attached hydrogens (tertiary/aromatic N) is 1. The molecule has 3 aromatic carbocycles. The minimum Gasteiger partial charge on any atom is -0.496 e. The molecule has 1 aliphatic rings. The lowest BCUT2D eigenvalue weighted by Gasteiger charge is -2.25. The van der Waals surface area contributed by atoms with Gasteiger partial charge in [0, 0.05) is 40.8 Å². The molecule has 32 heavy (non-hydrogen) atoms. The summed E-state index contributed by atoms with van der Waals surface area (Å²) in [6, 6.07) is 20.7. The summed E-state index contributed by atoms with van der Waals surface area (Å²) in [6.45, 7) is 1.20. The Morgan fingerprint density at radius 2 is 1.91 bits per heavy atom. The number of aromatic amines is 1. The molecule has 0 spiro atoms. The largest absolute Gasteiger partial charge is 0.496 e. The van der Waals surface area contributed by atoms with Gasteiger partial charge in [0.25, 0.3) is 5.69 Å². The van der Waals surface area contributed by atoms with Crippen LogP contribution in [0.4, 0.5) is 5.69 Å². The third kappa shape index (κ3) is 3.67. The minimum atomic E-state index is -0.425. The highest BCUT2D eigenvalue weighted by atomic mass is 16.6. The molecule has 4 aromatic rings. The predicted molar refractivity (Wildman–Crippen MR) is 122 cm³/mol. The molecule has 1 atom stereocenters. The number of non-ortho nitro benzene ring substituents is 1. The van der Waals surface area contributed by atoms with Crippen LogP contribution in [0.3, 0.4) is 0 Å². The van der Waals surface area contributed by atoms with Crippen molar-refractivity contribution in [1.82, 2.24) is 10.3 Å². The number of nitro benzene ring substituents is 1. The second-order valence-electron chi connectivity index (χ2n) is 7.81. The van der Waals surface area contributed by atoms with Crippen molar-refractivity contribution in [2.24, 2.45) is 0 Å². The molecule has 7 heteroatoms. The average molecular weight is 429 g/mol. The number of rotatable bonds is 6. The Balaban J connectivity index is 1.43. The van der Waals surface area contributed by atoms with Crippen LogP contribution in [0.25, 0.3) is 10.9 Å². The average Bonchev–Trinajstić information content (AvgIpc) is 3.21. The Kier molecular flexibility index (Phi) is 5.25. The summed E-state index contributed by atoms with van der Waals surface area (Å²) in [7, 11) is 1.64. The Morgan fingerprint density at radius 3 is 2.69 bits per heavy atom. The number of hydrogen-bond donors (Lipinski definition) is 2. The van der Waals surface area contributed by atoms with Crippen LogP contribution in [0.1, 0.15) is 28.4 Å². The third-order valence-electron chi connectivity index (χ3n) is 5.94. The van der Waals surface area contributed by atoms with Gasteiger partial charge in [-0.2, -0.15) is 0 Å². The molecule has 0 bridgehead atoms. The van der Waals surface area contributed by atoms with Crippen LogP contribution in [0.15, 0.2) is 66.7 Å². The zero-order valence-corrected chi connectivity index (χ0v) is 17.6. The summed E-state index contributed by atoms with van der Waals surface area (Å²) < 4.78 is 11.4. The molecular weight excluding hydrogens is 406 g/mol. The summed E-state index contributed by atoms with van der Waals surface area (Å²) in [5.41, 5.74) is 5.79. The highest BCUT2D eigenvalue weighted by molar-refractivity contribution is 5.85. The first-order valence-electron chi connectivity index (χ1n) is 10.5. The van der Waals surface area contributed by atoms with Gasteiger partial charge in [0.2, 0.25) is 0 Å². The van der Waals surface area contributed by atoms with Crippen molar-refractivity contribution < 1.29 is 14.4 Å². The number of H-pyrrole nitrogens is 1. The Labute approximate surface area is 185 Å². The molecule has 1 aliphatic heterocycles. The maximum atomic E-state index is 10.8. The van der Waals surface area contributed by atoms with Gasteiger partial charge in [-0.05, 0) is 47.9 Å². The van der Waals surface area contributed by atoms with Gasteiger partial charge >= 0.3 is 0 Å². The summed E-state index contributed by atoms with van der Waals surface area (Å²) in [5, 5.41) is 15.8. The van der Waals surface area contributed by atoms with Crippen molar-refractivity contribution in [3.63, 3.8) is 0 Å². The fourth-order valence-corrected chi connectivity index (χ4v) is 4.38. The van der Waals surface area contributed by atoms with Crippen molar-refractivity contribution in [1.29, 1.82) is 0 Å². The summed E-state index contributed by atoms with van der Waals surface area (Å²) in [5.74, 6) is 1.31. The molecule has 2 heterocycles. The van der Waals surface area contributed by atoms with E-state index in [2.05, 4.69) is 40.6 Å². The van der Waals surface area contributed by atoms with Gasteiger partial charge < -0.3 is 19.8 Å². The van der Waals surface area contributed by atoms with Gasteiger partial charge in [-0.25, -0.2) is 0 Å². The monoisotopic (exact) mass is 429 g/mol. The van der Waals surface area contributed by atoms with Gasteiger partial charge in [-0.3, -0.25) is 10.1 Å². The van der Waals surface area contributed by atoms with E-state index in [1.165, 1.54) is 28.8 Å². The molecule has 5 rings (SSSR count). The SMILES string of the molecule is COc1ccc([C@@H]2NCCc3c2[nH]c2ccccc32)cc1COc1ccc([N+](=O)[O-])cc1. The molecule has 0 aliphatic carbocycles. The molecule has 0 amide bonds. The Bertz CT molecular complexity index is 1280. The fraction of sp³-hybridized carbons (Fsp3) is 0.200. The molecular formula is C25H23N3O4. The van der Waals surface area contributed by atoms with E-state index in [4.69, 9.17) is 9.47 Å². The van der Waals surface area contributed by atoms with E-state index in [-0.39, 0.29) is 11.7 Å². The number of nitro groups is 1. The summed E-state index contributed by atoms with van der Waals surface area (Å²) >= 11 is 0. The van der Waals surface area contributed by atoms with E-state index in [1.54, 1.807) is 19.2 Å². The highest BCUT2D eigenvalue weighted by Crippen LogP contribution is 2.35. The van der Waals surface area contributed by atoms with Crippen LogP contribution in [-0.2, 0) is 13.0 Å². The van der Waals surface area contributed by atoms with Crippen LogP contribution >= 0.6 is 0 Å². The topological polar surface area (TPSA) is 89.4 Å². The number of methoxy groups -OCH3 is 1. The van der Waals surface area contributed by atoms with Crippen molar-refractivity contribution in [2.45, 2.75) is 19.1 Å². The zero-order chi connectivity index (χ0) is 22.1. The first-order chi connectivity index (χ1) is 15.6. The van der Waals surface area contributed by atoms with Crippen LogP contribution in [0.5, 0.6) is 11.5 Å². The number of fused-ring (bicyclic) bond motifs is 3. The van der Waals surface area contributed by atoms with Crippen molar-refractivity contribution in [3.05, 3.63) is 99.2 Å². The fourth-order valence-electron chi connectivity index (χ4n) is 4.38. The minimum absolute atomic E-state index is 0.0365. The first-order valence-corrected chi connectivity index (χ1v) is 10.5. The molecule has 162 valence electrons. The molecule has 7 nitrogen and oxygen atoms in total. The summed E-state index contributed by atoms with van der Waals surface area (Å²) in [6.07, 6.45) is 0.988. The standard InChI is InChI=1S/C25H23N3O4/c1-31-23-11-6-16(14-17(23)15-32-19-9-7-18(8-10-19)28(29)30)24-25-21(12-13-26-24)20-4-2-3-5-22(20)27-25/h2-11,14,24,26-27H,12-13,15H2,1H3/t24-/m0/s1. The maximum Gasteiger partial charge on any atom is 0.269 e. The van der Waals surface area contributed by atoms with E-state index in [0.29, 0.717) is 12.4 Å². The smallest absolute Gasteiger partial charge is 0.269 e. The number of aromatic nitrogens is 1. The van der Waals surface area contributed by atoms with Crippen LogP contribution < -0.4 is 14.8 Å². The van der Waals surface area contributed by atoms with Crippen LogP contribution in [0.2, 0.25) is 0 Å². The number of benzene rings is 3. The van der Waals surface area contributed by atoms with E-state index < -0.39 is 4.92 Å². The van der Waals surface area contributed by atoms with Gasteiger partial charge in [0.1, 0.15) is 18.1 Å². The highest BCUT2D eigenvalue weighted by Gasteiger charge is 2.25. The lowest BCUT2D eigenvalue weighted by molar-refractivity contribution is -0.384. The second kappa shape index (κ2) is 8.36. The lowest BCUT2D eigenvalue weighted by Crippen LogP contribution is -2.30. The van der Waals surface area contributed by atoms with Gasteiger partial charge in [0.05, 0.1) is 18.1 Å². The van der Waals surface area contributed by atoms with Crippen LogP contribution in [-0.4, -0.2) is 23.6 Å². The number of ether oxygens (including phenoxy) is 2. The van der Waals surface area contributed by atoms with Gasteiger partial charge in [-0.15, -0.1) is 0 Å². The van der Waals surface area contributed by atoms with E-state index >= 15 is 0 Å². The van der Waals surface area contributed by atoms with Gasteiger partial charge in [-0.1, -0.05) is 24.3 Å². The normalized spacial score (nSPS) is 15.3. The molecule has 0 saturated heterocycles. The molecule has 0 saturated carbocycles. The first kappa shape index (κ1) is 20.1. The molecule has 2 N–H and O–H groups in total.